The predicted octanol–water partition coefficient (Wildman–Crippen LogP) is 3.11. The van der Waals surface area contributed by atoms with Crippen LogP contribution in [0.3, 0.4) is 0 Å². The highest BCUT2D eigenvalue weighted by Crippen LogP contribution is 2.19. The van der Waals surface area contributed by atoms with Crippen molar-refractivity contribution in [2.24, 2.45) is 0 Å². The van der Waals surface area contributed by atoms with Crippen LogP contribution >= 0.6 is 0 Å². The molecule has 0 atom stereocenters. The van der Waals surface area contributed by atoms with Crippen LogP contribution in [0.5, 0.6) is 0 Å². The van der Waals surface area contributed by atoms with Gasteiger partial charge in [-0.25, -0.2) is 9.37 Å². The molecule has 4 nitrogen and oxygen atoms in total. The Balaban J connectivity index is 2.09. The van der Waals surface area contributed by atoms with Crippen molar-refractivity contribution in [2.45, 2.75) is 51.5 Å². The van der Waals surface area contributed by atoms with Crippen LogP contribution in [0.1, 0.15) is 55.8 Å². The number of anilines is 1. The number of nitrogens with one attached hydrogen (secondary N) is 2. The van der Waals surface area contributed by atoms with E-state index in [4.69, 9.17) is 0 Å². The van der Waals surface area contributed by atoms with Crippen LogP contribution in [0, 0.1) is 5.82 Å². The molecular weight excluding hydrogens is 257 g/mol. The second kappa shape index (κ2) is 7.22. The van der Waals surface area contributed by atoms with Crippen LogP contribution in [0.15, 0.2) is 12.3 Å². The van der Waals surface area contributed by atoms with E-state index in [-0.39, 0.29) is 17.5 Å². The molecule has 0 unspecified atom stereocenters. The van der Waals surface area contributed by atoms with Gasteiger partial charge in [0.2, 0.25) is 0 Å². The topological polar surface area (TPSA) is 54.0 Å². The van der Waals surface area contributed by atoms with Gasteiger partial charge >= 0.3 is 0 Å². The first-order chi connectivity index (χ1) is 9.70. The fourth-order valence-electron chi connectivity index (χ4n) is 2.61. The normalized spacial score (nSPS) is 16.5. The number of rotatable bonds is 4. The number of hydrogen-bond donors (Lipinski definition) is 2. The van der Waals surface area contributed by atoms with E-state index in [2.05, 4.69) is 15.6 Å². The highest BCUT2D eigenvalue weighted by Gasteiger charge is 2.19. The molecule has 110 valence electrons. The Labute approximate surface area is 119 Å². The van der Waals surface area contributed by atoms with Crippen LogP contribution in [0.25, 0.3) is 0 Å². The fraction of sp³-hybridized carbons (Fsp3) is 0.600. The van der Waals surface area contributed by atoms with Crippen molar-refractivity contribution < 1.29 is 9.18 Å². The van der Waals surface area contributed by atoms with E-state index in [9.17, 15) is 9.18 Å². The van der Waals surface area contributed by atoms with Gasteiger partial charge in [-0.1, -0.05) is 25.7 Å². The maximum atomic E-state index is 13.3. The Morgan fingerprint density at radius 1 is 1.35 bits per heavy atom. The van der Waals surface area contributed by atoms with E-state index >= 15 is 0 Å². The molecule has 0 aliphatic heterocycles. The lowest BCUT2D eigenvalue weighted by Gasteiger charge is -2.17. The van der Waals surface area contributed by atoms with Gasteiger partial charge < -0.3 is 10.6 Å². The Kier molecular flexibility index (Phi) is 5.32. The molecular formula is C15H22FN3O. The van der Waals surface area contributed by atoms with Crippen molar-refractivity contribution in [1.82, 2.24) is 10.3 Å². The van der Waals surface area contributed by atoms with E-state index < -0.39 is 5.82 Å². The minimum atomic E-state index is -0.488. The summed E-state index contributed by atoms with van der Waals surface area (Å²) in [4.78, 5) is 16.3. The van der Waals surface area contributed by atoms with Crippen molar-refractivity contribution in [3.63, 3.8) is 0 Å². The molecule has 1 fully saturated rings. The summed E-state index contributed by atoms with van der Waals surface area (Å²) >= 11 is 0. The Morgan fingerprint density at radius 3 is 2.70 bits per heavy atom. The summed E-state index contributed by atoms with van der Waals surface area (Å²) in [5, 5.41) is 6.01. The van der Waals surface area contributed by atoms with Crippen molar-refractivity contribution in [3.8, 4) is 0 Å². The number of carbonyl (C=O) groups excluding carboxylic acids is 1. The Bertz CT molecular complexity index is 456. The van der Waals surface area contributed by atoms with E-state index in [0.29, 0.717) is 12.4 Å². The maximum Gasteiger partial charge on any atom is 0.255 e. The standard InChI is InChI=1S/C15H22FN3O/c1-2-17-14-13(9-11(16)10-18-14)15(20)19-12-7-5-3-4-6-8-12/h9-10,12H,2-8H2,1H3,(H,17,18)(H,19,20). The van der Waals surface area contributed by atoms with Crippen LogP contribution in [-0.2, 0) is 0 Å². The number of hydrogen-bond acceptors (Lipinski definition) is 3. The van der Waals surface area contributed by atoms with Gasteiger partial charge in [-0.2, -0.15) is 0 Å². The van der Waals surface area contributed by atoms with Crippen molar-refractivity contribution in [2.75, 3.05) is 11.9 Å². The molecule has 0 bridgehead atoms. The molecule has 5 heteroatoms. The van der Waals surface area contributed by atoms with Crippen molar-refractivity contribution in [3.05, 3.63) is 23.6 Å². The minimum absolute atomic E-state index is 0.197. The highest BCUT2D eigenvalue weighted by atomic mass is 19.1. The summed E-state index contributed by atoms with van der Waals surface area (Å²) in [6.45, 7) is 2.56. The lowest BCUT2D eigenvalue weighted by atomic mass is 10.1. The van der Waals surface area contributed by atoms with Gasteiger partial charge in [0.1, 0.15) is 11.6 Å². The molecule has 0 spiro atoms. The summed E-state index contributed by atoms with van der Waals surface area (Å²) in [5.74, 6) is -0.280. The molecule has 1 saturated carbocycles. The van der Waals surface area contributed by atoms with Crippen LogP contribution in [0.2, 0.25) is 0 Å². The molecule has 0 radical (unpaired) electrons. The molecule has 1 aromatic heterocycles. The fourth-order valence-corrected chi connectivity index (χ4v) is 2.61. The molecule has 1 amide bonds. The lowest BCUT2D eigenvalue weighted by Crippen LogP contribution is -2.35. The number of aromatic nitrogens is 1. The number of halogens is 1. The van der Waals surface area contributed by atoms with Gasteiger partial charge in [0.05, 0.1) is 11.8 Å². The average Bonchev–Trinajstić information content (AvgIpc) is 2.69. The zero-order valence-electron chi connectivity index (χ0n) is 11.9. The first-order valence-electron chi connectivity index (χ1n) is 7.41. The second-order valence-electron chi connectivity index (χ2n) is 5.24. The molecule has 2 rings (SSSR count). The van der Waals surface area contributed by atoms with Gasteiger partial charge in [-0.15, -0.1) is 0 Å². The van der Waals surface area contributed by atoms with Gasteiger partial charge in [0, 0.05) is 12.6 Å². The molecule has 0 saturated heterocycles. The Hall–Kier alpha value is -1.65. The summed E-state index contributed by atoms with van der Waals surface area (Å²) in [5.41, 5.74) is 0.288. The first kappa shape index (κ1) is 14.8. The lowest BCUT2D eigenvalue weighted by molar-refractivity contribution is 0.0933. The van der Waals surface area contributed by atoms with E-state index in [1.165, 1.54) is 18.9 Å². The molecule has 1 heterocycles. The van der Waals surface area contributed by atoms with E-state index in [1.807, 2.05) is 6.92 Å². The zero-order valence-corrected chi connectivity index (χ0v) is 11.9. The predicted molar refractivity (Wildman–Crippen MR) is 77.3 cm³/mol. The summed E-state index contributed by atoms with van der Waals surface area (Å²) in [7, 11) is 0. The number of nitrogens with zero attached hydrogens (tertiary/aromatic N) is 1. The SMILES string of the molecule is CCNc1ncc(F)cc1C(=O)NC1CCCCCC1. The van der Waals surface area contributed by atoms with Crippen molar-refractivity contribution >= 4 is 11.7 Å². The maximum absolute atomic E-state index is 13.3. The number of pyridine rings is 1. The van der Waals surface area contributed by atoms with Crippen LogP contribution in [-0.4, -0.2) is 23.5 Å². The second-order valence-corrected chi connectivity index (χ2v) is 5.24. The quantitative estimate of drug-likeness (QED) is 0.833. The van der Waals surface area contributed by atoms with Crippen LogP contribution < -0.4 is 10.6 Å². The van der Waals surface area contributed by atoms with Gasteiger partial charge in [0.25, 0.3) is 5.91 Å². The molecule has 1 aromatic rings. The van der Waals surface area contributed by atoms with Gasteiger partial charge in [-0.3, -0.25) is 4.79 Å². The Morgan fingerprint density at radius 2 is 2.05 bits per heavy atom. The van der Waals surface area contributed by atoms with Crippen LogP contribution in [0.4, 0.5) is 10.2 Å². The van der Waals surface area contributed by atoms with Crippen molar-refractivity contribution in [1.29, 1.82) is 0 Å². The van der Waals surface area contributed by atoms with E-state index in [0.717, 1.165) is 31.9 Å². The molecule has 1 aliphatic rings. The smallest absolute Gasteiger partial charge is 0.255 e. The third kappa shape index (κ3) is 3.92. The molecule has 2 N–H and O–H groups in total. The summed E-state index contributed by atoms with van der Waals surface area (Å²) in [6, 6.07) is 1.44. The molecule has 20 heavy (non-hydrogen) atoms. The highest BCUT2D eigenvalue weighted by molar-refractivity contribution is 5.98. The monoisotopic (exact) mass is 279 g/mol. The molecule has 0 aromatic carbocycles. The first-order valence-corrected chi connectivity index (χ1v) is 7.41. The minimum Gasteiger partial charge on any atom is -0.370 e. The third-order valence-corrected chi connectivity index (χ3v) is 3.63. The third-order valence-electron chi connectivity index (χ3n) is 3.63. The summed E-state index contributed by atoms with van der Waals surface area (Å²) in [6.07, 6.45) is 7.89. The zero-order chi connectivity index (χ0) is 14.4. The van der Waals surface area contributed by atoms with Gasteiger partial charge in [0.15, 0.2) is 0 Å². The number of carbonyl (C=O) groups is 1. The summed E-state index contributed by atoms with van der Waals surface area (Å²) < 4.78 is 13.3. The average molecular weight is 279 g/mol. The largest absolute Gasteiger partial charge is 0.370 e. The molecule has 1 aliphatic carbocycles. The number of amides is 1. The van der Waals surface area contributed by atoms with E-state index in [1.54, 1.807) is 0 Å². The van der Waals surface area contributed by atoms with Gasteiger partial charge in [-0.05, 0) is 25.8 Å².